The van der Waals surface area contributed by atoms with Gasteiger partial charge in [0.15, 0.2) is 5.69 Å². The number of unbranched alkanes of at least 4 members (excludes halogenated alkanes) is 2. The van der Waals surface area contributed by atoms with Crippen molar-refractivity contribution in [2.24, 2.45) is 10.2 Å². The van der Waals surface area contributed by atoms with Gasteiger partial charge < -0.3 is 5.11 Å². The predicted molar refractivity (Wildman–Crippen MR) is 92.0 cm³/mol. The van der Waals surface area contributed by atoms with E-state index in [1.165, 1.54) is 4.57 Å². The second-order valence-electron chi connectivity index (χ2n) is 5.48. The summed E-state index contributed by atoms with van der Waals surface area (Å²) in [5, 5.41) is 27.6. The van der Waals surface area contributed by atoms with Crippen LogP contribution in [-0.2, 0) is 6.54 Å². The molecule has 6 heteroatoms. The molecule has 2 aromatic rings. The lowest BCUT2D eigenvalue weighted by atomic mass is 10.1. The van der Waals surface area contributed by atoms with Crippen molar-refractivity contribution < 1.29 is 5.11 Å². The van der Waals surface area contributed by atoms with Crippen molar-refractivity contribution in [1.29, 1.82) is 5.26 Å². The van der Waals surface area contributed by atoms with Gasteiger partial charge >= 0.3 is 0 Å². The first-order valence-electron chi connectivity index (χ1n) is 7.93. The molecular formula is C18H20N4O2. The first-order chi connectivity index (χ1) is 11.6. The van der Waals surface area contributed by atoms with E-state index in [0.29, 0.717) is 17.8 Å². The Bertz CT molecular complexity index is 833. The molecule has 0 radical (unpaired) electrons. The minimum absolute atomic E-state index is 0.0631. The van der Waals surface area contributed by atoms with E-state index in [2.05, 4.69) is 17.2 Å². The van der Waals surface area contributed by atoms with Gasteiger partial charge in [0.25, 0.3) is 5.56 Å². The van der Waals surface area contributed by atoms with Gasteiger partial charge in [0.1, 0.15) is 11.6 Å². The van der Waals surface area contributed by atoms with Gasteiger partial charge in [0.2, 0.25) is 5.88 Å². The molecule has 124 valence electrons. The highest BCUT2D eigenvalue weighted by Crippen LogP contribution is 2.27. The van der Waals surface area contributed by atoms with Gasteiger partial charge in [-0.3, -0.25) is 9.36 Å². The third-order valence-corrected chi connectivity index (χ3v) is 3.78. The van der Waals surface area contributed by atoms with Crippen LogP contribution < -0.4 is 5.56 Å². The maximum absolute atomic E-state index is 12.6. The SMILES string of the molecule is CCCCCn1c(O)c(C#N)c(C)c(N=Nc2ccccc2)c1=O. The number of benzene rings is 1. The molecule has 1 aromatic carbocycles. The molecule has 1 aromatic heterocycles. The molecular weight excluding hydrogens is 304 g/mol. The highest BCUT2D eigenvalue weighted by atomic mass is 16.3. The summed E-state index contributed by atoms with van der Waals surface area (Å²) in [6.45, 7) is 3.99. The predicted octanol–water partition coefficient (Wildman–Crippen LogP) is 4.34. The van der Waals surface area contributed by atoms with Gasteiger partial charge in [0, 0.05) is 12.1 Å². The molecule has 0 unspecified atom stereocenters. The summed E-state index contributed by atoms with van der Waals surface area (Å²) in [4.78, 5) is 12.6. The second-order valence-corrected chi connectivity index (χ2v) is 5.48. The summed E-state index contributed by atoms with van der Waals surface area (Å²) >= 11 is 0. The van der Waals surface area contributed by atoms with Gasteiger partial charge in [-0.25, -0.2) is 0 Å². The van der Waals surface area contributed by atoms with Crippen LogP contribution >= 0.6 is 0 Å². The largest absolute Gasteiger partial charge is 0.493 e. The van der Waals surface area contributed by atoms with Gasteiger partial charge in [0.05, 0.1) is 5.69 Å². The Labute approximate surface area is 140 Å². The fraction of sp³-hybridized carbons (Fsp3) is 0.333. The first kappa shape index (κ1) is 17.4. The molecule has 0 saturated carbocycles. The van der Waals surface area contributed by atoms with Gasteiger partial charge in [-0.15, -0.1) is 5.11 Å². The van der Waals surface area contributed by atoms with Crippen LogP contribution in [0.2, 0.25) is 0 Å². The van der Waals surface area contributed by atoms with E-state index >= 15 is 0 Å². The molecule has 0 amide bonds. The molecule has 1 N–H and O–H groups in total. The number of aromatic hydroxyl groups is 1. The van der Waals surface area contributed by atoms with E-state index in [9.17, 15) is 15.2 Å². The number of hydrogen-bond acceptors (Lipinski definition) is 5. The average molecular weight is 324 g/mol. The zero-order valence-corrected chi connectivity index (χ0v) is 13.9. The van der Waals surface area contributed by atoms with E-state index in [1.807, 2.05) is 24.3 Å². The van der Waals surface area contributed by atoms with Gasteiger partial charge in [-0.2, -0.15) is 10.4 Å². The number of azo groups is 1. The van der Waals surface area contributed by atoms with Crippen molar-refractivity contribution in [3.05, 3.63) is 51.8 Å². The van der Waals surface area contributed by atoms with Gasteiger partial charge in [-0.05, 0) is 25.5 Å². The standard InChI is InChI=1S/C18H20N4O2/c1-3-4-8-11-22-17(23)15(12-19)13(2)16(18(22)24)21-20-14-9-6-5-7-10-14/h5-7,9-10,23H,3-4,8,11H2,1-2H3. The zero-order chi connectivity index (χ0) is 17.5. The number of hydrogen-bond donors (Lipinski definition) is 1. The van der Waals surface area contributed by atoms with Crippen molar-refractivity contribution in [2.75, 3.05) is 0 Å². The quantitative estimate of drug-likeness (QED) is 0.633. The van der Waals surface area contributed by atoms with E-state index in [0.717, 1.165) is 19.3 Å². The highest BCUT2D eigenvalue weighted by molar-refractivity contribution is 5.56. The van der Waals surface area contributed by atoms with Crippen LogP contribution in [0.3, 0.4) is 0 Å². The molecule has 0 atom stereocenters. The minimum Gasteiger partial charge on any atom is -0.493 e. The van der Waals surface area contributed by atoms with Crippen LogP contribution in [0.4, 0.5) is 11.4 Å². The molecule has 0 bridgehead atoms. The van der Waals surface area contributed by atoms with Crippen molar-refractivity contribution in [2.45, 2.75) is 39.7 Å². The summed E-state index contributed by atoms with van der Waals surface area (Å²) < 4.78 is 1.21. The topological polar surface area (TPSA) is 90.7 Å². The Morgan fingerprint density at radius 1 is 1.21 bits per heavy atom. The lowest BCUT2D eigenvalue weighted by molar-refractivity contribution is 0.398. The first-order valence-corrected chi connectivity index (χ1v) is 7.93. The molecule has 0 aliphatic heterocycles. The molecule has 24 heavy (non-hydrogen) atoms. The number of nitrogens with zero attached hydrogens (tertiary/aromatic N) is 4. The summed E-state index contributed by atoms with van der Waals surface area (Å²) in [5.41, 5.74) is 0.671. The third kappa shape index (κ3) is 3.69. The molecule has 2 rings (SSSR count). The minimum atomic E-state index is -0.431. The van der Waals surface area contributed by atoms with Crippen LogP contribution in [0.1, 0.15) is 37.3 Å². The van der Waals surface area contributed by atoms with Crippen LogP contribution in [-0.4, -0.2) is 9.67 Å². The van der Waals surface area contributed by atoms with Crippen molar-refractivity contribution >= 4 is 11.4 Å². The van der Waals surface area contributed by atoms with Crippen LogP contribution in [0, 0.1) is 18.3 Å². The number of nitriles is 1. The van der Waals surface area contributed by atoms with Crippen LogP contribution in [0.5, 0.6) is 5.88 Å². The number of rotatable bonds is 6. The molecule has 6 nitrogen and oxygen atoms in total. The lowest BCUT2D eigenvalue weighted by Gasteiger charge is -2.12. The van der Waals surface area contributed by atoms with Crippen molar-refractivity contribution in [3.63, 3.8) is 0 Å². The smallest absolute Gasteiger partial charge is 0.281 e. The van der Waals surface area contributed by atoms with E-state index < -0.39 is 5.56 Å². The Hall–Kier alpha value is -2.94. The normalized spacial score (nSPS) is 10.9. The highest BCUT2D eigenvalue weighted by Gasteiger charge is 2.18. The van der Waals surface area contributed by atoms with Crippen molar-refractivity contribution in [3.8, 4) is 11.9 Å². The lowest BCUT2D eigenvalue weighted by Crippen LogP contribution is -2.22. The summed E-state index contributed by atoms with van der Waals surface area (Å²) in [6.07, 6.45) is 2.67. The van der Waals surface area contributed by atoms with Crippen LogP contribution in [0.15, 0.2) is 45.4 Å². The number of aromatic nitrogens is 1. The average Bonchev–Trinajstić information content (AvgIpc) is 2.59. The van der Waals surface area contributed by atoms with Gasteiger partial charge in [-0.1, -0.05) is 38.0 Å². The maximum atomic E-state index is 12.6. The fourth-order valence-corrected chi connectivity index (χ4v) is 2.39. The zero-order valence-electron chi connectivity index (χ0n) is 13.9. The summed E-state index contributed by atoms with van der Waals surface area (Å²) in [5.74, 6) is -0.297. The van der Waals surface area contributed by atoms with Crippen molar-refractivity contribution in [1.82, 2.24) is 4.57 Å². The van der Waals surface area contributed by atoms with E-state index in [1.54, 1.807) is 19.1 Å². The Kier molecular flexibility index (Phi) is 5.85. The Balaban J connectivity index is 2.50. The second kappa shape index (κ2) is 8.06. The molecule has 0 saturated heterocycles. The van der Waals surface area contributed by atoms with E-state index in [-0.39, 0.29) is 17.1 Å². The number of pyridine rings is 1. The van der Waals surface area contributed by atoms with E-state index in [4.69, 9.17) is 0 Å². The Morgan fingerprint density at radius 2 is 1.92 bits per heavy atom. The third-order valence-electron chi connectivity index (χ3n) is 3.78. The molecule has 0 spiro atoms. The fourth-order valence-electron chi connectivity index (χ4n) is 2.39. The monoisotopic (exact) mass is 324 g/mol. The van der Waals surface area contributed by atoms with Crippen LogP contribution in [0.25, 0.3) is 0 Å². The maximum Gasteiger partial charge on any atom is 0.281 e. The molecule has 0 fully saturated rings. The molecule has 0 aliphatic carbocycles. The Morgan fingerprint density at radius 3 is 2.54 bits per heavy atom. The molecule has 1 heterocycles. The molecule has 0 aliphatic rings. The summed E-state index contributed by atoms with van der Waals surface area (Å²) in [6, 6.07) is 11.0. The summed E-state index contributed by atoms with van der Waals surface area (Å²) in [7, 11) is 0.